The number of aryl methyl sites for hydroxylation is 1. The summed E-state index contributed by atoms with van der Waals surface area (Å²) in [5, 5.41) is 5.04. The summed E-state index contributed by atoms with van der Waals surface area (Å²) < 4.78 is 18.4. The van der Waals surface area contributed by atoms with E-state index in [0.29, 0.717) is 5.58 Å². The van der Waals surface area contributed by atoms with Gasteiger partial charge in [-0.05, 0) is 37.1 Å². The molecule has 0 N–H and O–H groups in total. The first kappa shape index (κ1) is 17.2. The Bertz CT molecular complexity index is 841. The van der Waals surface area contributed by atoms with E-state index in [9.17, 15) is 4.39 Å². The van der Waals surface area contributed by atoms with Gasteiger partial charge in [-0.2, -0.15) is 0 Å². The highest BCUT2D eigenvalue weighted by molar-refractivity contribution is 5.79. The smallest absolute Gasteiger partial charge is 0.170 e. The van der Waals surface area contributed by atoms with E-state index >= 15 is 0 Å². The van der Waals surface area contributed by atoms with Crippen LogP contribution in [-0.4, -0.2) is 47.7 Å². The van der Waals surface area contributed by atoms with E-state index in [1.807, 2.05) is 0 Å². The van der Waals surface area contributed by atoms with Crippen molar-refractivity contribution in [1.29, 1.82) is 0 Å². The van der Waals surface area contributed by atoms with Crippen molar-refractivity contribution in [2.75, 3.05) is 32.7 Å². The van der Waals surface area contributed by atoms with Crippen LogP contribution in [0.3, 0.4) is 0 Å². The Kier molecular flexibility index (Phi) is 5.27. The van der Waals surface area contributed by atoms with E-state index in [0.717, 1.165) is 63.2 Å². The zero-order chi connectivity index (χ0) is 17.8. The third-order valence-corrected chi connectivity index (χ3v) is 5.11. The van der Waals surface area contributed by atoms with Gasteiger partial charge in [-0.1, -0.05) is 35.5 Å². The van der Waals surface area contributed by atoms with Crippen LogP contribution in [-0.2, 0) is 13.0 Å². The van der Waals surface area contributed by atoms with Crippen molar-refractivity contribution in [3.8, 4) is 0 Å². The third-order valence-electron chi connectivity index (χ3n) is 5.11. The molecule has 1 saturated heterocycles. The van der Waals surface area contributed by atoms with Crippen LogP contribution in [0.5, 0.6) is 0 Å². The zero-order valence-electron chi connectivity index (χ0n) is 14.9. The van der Waals surface area contributed by atoms with Gasteiger partial charge in [-0.25, -0.2) is 4.39 Å². The van der Waals surface area contributed by atoms with Gasteiger partial charge in [0.25, 0.3) is 0 Å². The predicted octanol–water partition coefficient (Wildman–Crippen LogP) is 3.72. The lowest BCUT2D eigenvalue weighted by Gasteiger charge is -2.34. The van der Waals surface area contributed by atoms with Gasteiger partial charge in [-0.3, -0.25) is 4.90 Å². The first-order chi connectivity index (χ1) is 12.8. The first-order valence-corrected chi connectivity index (χ1v) is 9.30. The molecule has 2 aromatic carbocycles. The van der Waals surface area contributed by atoms with Crippen LogP contribution in [0.1, 0.15) is 17.7 Å². The van der Waals surface area contributed by atoms with Crippen LogP contribution in [0.25, 0.3) is 11.0 Å². The molecule has 2 heterocycles. The summed E-state index contributed by atoms with van der Waals surface area (Å²) in [5.41, 5.74) is 2.85. The Morgan fingerprint density at radius 3 is 2.54 bits per heavy atom. The number of piperazine rings is 1. The highest BCUT2D eigenvalue weighted by Gasteiger charge is 2.17. The van der Waals surface area contributed by atoms with Crippen molar-refractivity contribution in [2.24, 2.45) is 0 Å². The molecule has 26 heavy (non-hydrogen) atoms. The molecule has 3 aromatic rings. The molecule has 5 heteroatoms. The van der Waals surface area contributed by atoms with Gasteiger partial charge in [0.1, 0.15) is 5.82 Å². The normalized spacial score (nSPS) is 16.3. The molecule has 0 unspecified atom stereocenters. The third kappa shape index (κ3) is 4.11. The summed E-state index contributed by atoms with van der Waals surface area (Å²) in [7, 11) is 0. The Morgan fingerprint density at radius 1 is 0.962 bits per heavy atom. The zero-order valence-corrected chi connectivity index (χ0v) is 14.9. The second kappa shape index (κ2) is 7.98. The van der Waals surface area contributed by atoms with Crippen LogP contribution >= 0.6 is 0 Å². The van der Waals surface area contributed by atoms with Crippen LogP contribution in [0, 0.1) is 5.82 Å². The van der Waals surface area contributed by atoms with Gasteiger partial charge in [0.15, 0.2) is 5.58 Å². The molecule has 0 saturated carbocycles. The van der Waals surface area contributed by atoms with Crippen LogP contribution in [0.2, 0.25) is 0 Å². The summed E-state index contributed by atoms with van der Waals surface area (Å²) in [6, 6.07) is 15.3. The maximum atomic E-state index is 13.2. The van der Waals surface area contributed by atoms with E-state index in [4.69, 9.17) is 4.52 Å². The average molecular weight is 353 g/mol. The predicted molar refractivity (Wildman–Crippen MR) is 100 cm³/mol. The largest absolute Gasteiger partial charge is 0.356 e. The quantitative estimate of drug-likeness (QED) is 0.676. The minimum absolute atomic E-state index is 0.284. The van der Waals surface area contributed by atoms with Crippen LogP contribution < -0.4 is 0 Å². The molecule has 1 aliphatic heterocycles. The fourth-order valence-corrected chi connectivity index (χ4v) is 3.63. The first-order valence-electron chi connectivity index (χ1n) is 9.30. The van der Waals surface area contributed by atoms with Gasteiger partial charge in [0.05, 0.1) is 5.69 Å². The number of fused-ring (bicyclic) bond motifs is 1. The summed E-state index contributed by atoms with van der Waals surface area (Å²) in [4.78, 5) is 5.04. The molecule has 1 aliphatic rings. The number of halogens is 1. The standard InChI is InChI=1S/C21H24FN3O/c22-18-8-9-19-20(23-26-21(19)15-18)7-4-10-24-11-13-25(14-12-24)16-17-5-2-1-3-6-17/h1-3,5-6,8-9,15H,4,7,10-14,16H2. The van der Waals surface area contributed by atoms with Crippen molar-refractivity contribution in [3.05, 3.63) is 65.6 Å². The maximum Gasteiger partial charge on any atom is 0.170 e. The molecule has 0 aliphatic carbocycles. The maximum absolute atomic E-state index is 13.2. The Balaban J connectivity index is 1.22. The molecule has 1 fully saturated rings. The molecular formula is C21H24FN3O. The van der Waals surface area contributed by atoms with Crippen molar-refractivity contribution in [2.45, 2.75) is 19.4 Å². The molecule has 4 nitrogen and oxygen atoms in total. The minimum Gasteiger partial charge on any atom is -0.356 e. The summed E-state index contributed by atoms with van der Waals surface area (Å²) in [6.45, 7) is 6.54. The molecule has 4 rings (SSSR count). The van der Waals surface area contributed by atoms with E-state index in [2.05, 4.69) is 45.3 Å². The molecule has 0 atom stereocenters. The number of rotatable bonds is 6. The summed E-state index contributed by atoms with van der Waals surface area (Å²) in [6.07, 6.45) is 1.90. The number of benzene rings is 2. The fourth-order valence-electron chi connectivity index (χ4n) is 3.63. The lowest BCUT2D eigenvalue weighted by atomic mass is 10.1. The number of nitrogens with zero attached hydrogens (tertiary/aromatic N) is 3. The highest BCUT2D eigenvalue weighted by atomic mass is 19.1. The molecule has 0 amide bonds. The van der Waals surface area contributed by atoms with E-state index in [1.54, 1.807) is 6.07 Å². The molecule has 0 bridgehead atoms. The van der Waals surface area contributed by atoms with Gasteiger partial charge in [0.2, 0.25) is 0 Å². The lowest BCUT2D eigenvalue weighted by molar-refractivity contribution is 0.126. The Hall–Kier alpha value is -2.24. The Labute approximate surface area is 153 Å². The van der Waals surface area contributed by atoms with Crippen molar-refractivity contribution >= 4 is 11.0 Å². The van der Waals surface area contributed by atoms with Crippen molar-refractivity contribution in [3.63, 3.8) is 0 Å². The minimum atomic E-state index is -0.284. The van der Waals surface area contributed by atoms with E-state index in [1.165, 1.54) is 17.7 Å². The van der Waals surface area contributed by atoms with Gasteiger partial charge in [-0.15, -0.1) is 0 Å². The average Bonchev–Trinajstić information content (AvgIpc) is 3.06. The van der Waals surface area contributed by atoms with Crippen molar-refractivity contribution < 1.29 is 8.91 Å². The van der Waals surface area contributed by atoms with E-state index < -0.39 is 0 Å². The van der Waals surface area contributed by atoms with Gasteiger partial charge in [0, 0.05) is 44.2 Å². The number of hydrogen-bond acceptors (Lipinski definition) is 4. The van der Waals surface area contributed by atoms with Crippen LogP contribution in [0.4, 0.5) is 4.39 Å². The fraction of sp³-hybridized carbons (Fsp3) is 0.381. The van der Waals surface area contributed by atoms with E-state index in [-0.39, 0.29) is 5.82 Å². The van der Waals surface area contributed by atoms with Gasteiger partial charge >= 0.3 is 0 Å². The second-order valence-electron chi connectivity index (χ2n) is 6.98. The lowest BCUT2D eigenvalue weighted by Crippen LogP contribution is -2.46. The second-order valence-corrected chi connectivity index (χ2v) is 6.98. The molecule has 136 valence electrons. The SMILES string of the molecule is Fc1ccc2c(CCCN3CCN(Cc4ccccc4)CC3)noc2c1. The van der Waals surface area contributed by atoms with Crippen molar-refractivity contribution in [1.82, 2.24) is 15.0 Å². The monoisotopic (exact) mass is 353 g/mol. The van der Waals surface area contributed by atoms with Gasteiger partial charge < -0.3 is 9.42 Å². The molecular weight excluding hydrogens is 329 g/mol. The molecule has 1 aromatic heterocycles. The number of aromatic nitrogens is 1. The molecule has 0 spiro atoms. The Morgan fingerprint density at radius 2 is 1.73 bits per heavy atom. The number of hydrogen-bond donors (Lipinski definition) is 0. The highest BCUT2D eigenvalue weighted by Crippen LogP contribution is 2.20. The van der Waals surface area contributed by atoms with Crippen LogP contribution in [0.15, 0.2) is 53.1 Å². The summed E-state index contributed by atoms with van der Waals surface area (Å²) >= 11 is 0. The molecule has 0 radical (unpaired) electrons. The summed E-state index contributed by atoms with van der Waals surface area (Å²) in [5.74, 6) is -0.284. The topological polar surface area (TPSA) is 32.5 Å².